The van der Waals surface area contributed by atoms with E-state index < -0.39 is 0 Å². The number of fused-ring (bicyclic) bond motifs is 1. The average Bonchev–Trinajstić information content (AvgIpc) is 2.42. The number of hydrogen-bond donors (Lipinski definition) is 0. The van der Waals surface area contributed by atoms with E-state index in [-0.39, 0.29) is 0 Å². The Balaban J connectivity index is 1.72. The van der Waals surface area contributed by atoms with Gasteiger partial charge in [0.05, 0.1) is 6.61 Å². The summed E-state index contributed by atoms with van der Waals surface area (Å²) in [6.07, 6.45) is 3.25. The molecular formula is C14H20O4. The van der Waals surface area contributed by atoms with Gasteiger partial charge in [-0.15, -0.1) is 0 Å². The number of hydrogen-bond acceptors (Lipinski definition) is 4. The maximum atomic E-state index is 5.68. The highest BCUT2D eigenvalue weighted by atomic mass is 16.6. The van der Waals surface area contributed by atoms with Gasteiger partial charge in [-0.3, -0.25) is 0 Å². The standard InChI is InChI=1S/C14H20O4/c1-15-7-3-2-4-8-16-12-5-6-13-14(11-12)18-10-9-17-13/h5-6,11H,2-4,7-10H2,1H3. The Hall–Kier alpha value is -1.42. The topological polar surface area (TPSA) is 36.9 Å². The van der Waals surface area contributed by atoms with Crippen LogP contribution in [0.5, 0.6) is 17.2 Å². The number of rotatable bonds is 7. The van der Waals surface area contributed by atoms with Crippen LogP contribution in [-0.2, 0) is 4.74 Å². The van der Waals surface area contributed by atoms with Gasteiger partial charge in [0.15, 0.2) is 11.5 Å². The van der Waals surface area contributed by atoms with Gasteiger partial charge >= 0.3 is 0 Å². The van der Waals surface area contributed by atoms with Gasteiger partial charge in [-0.1, -0.05) is 0 Å². The zero-order valence-corrected chi connectivity index (χ0v) is 10.8. The van der Waals surface area contributed by atoms with Gasteiger partial charge in [-0.25, -0.2) is 0 Å². The lowest BCUT2D eigenvalue weighted by molar-refractivity contribution is 0.170. The molecule has 0 bridgehead atoms. The molecule has 0 saturated heterocycles. The Bertz CT molecular complexity index is 365. The van der Waals surface area contributed by atoms with Crippen molar-refractivity contribution in [3.05, 3.63) is 18.2 Å². The fourth-order valence-corrected chi connectivity index (χ4v) is 1.83. The van der Waals surface area contributed by atoms with Gasteiger partial charge in [0.1, 0.15) is 19.0 Å². The Labute approximate surface area is 108 Å². The van der Waals surface area contributed by atoms with E-state index in [0.717, 1.165) is 49.7 Å². The van der Waals surface area contributed by atoms with Crippen molar-refractivity contribution >= 4 is 0 Å². The molecule has 1 heterocycles. The third-order valence-electron chi connectivity index (χ3n) is 2.78. The van der Waals surface area contributed by atoms with Gasteiger partial charge in [-0.05, 0) is 31.4 Å². The third kappa shape index (κ3) is 3.81. The highest BCUT2D eigenvalue weighted by molar-refractivity contribution is 5.46. The zero-order valence-electron chi connectivity index (χ0n) is 10.8. The lowest BCUT2D eigenvalue weighted by Crippen LogP contribution is -2.15. The van der Waals surface area contributed by atoms with Crippen LogP contribution >= 0.6 is 0 Å². The molecule has 1 aliphatic heterocycles. The van der Waals surface area contributed by atoms with Crippen LogP contribution in [-0.4, -0.2) is 33.5 Å². The molecule has 4 nitrogen and oxygen atoms in total. The fraction of sp³-hybridized carbons (Fsp3) is 0.571. The van der Waals surface area contributed by atoms with E-state index in [4.69, 9.17) is 18.9 Å². The van der Waals surface area contributed by atoms with Crippen LogP contribution in [0.1, 0.15) is 19.3 Å². The van der Waals surface area contributed by atoms with E-state index in [0.29, 0.717) is 13.2 Å². The summed E-state index contributed by atoms with van der Waals surface area (Å²) in [5.74, 6) is 2.41. The maximum Gasteiger partial charge on any atom is 0.165 e. The van der Waals surface area contributed by atoms with Crippen LogP contribution in [0.4, 0.5) is 0 Å². The van der Waals surface area contributed by atoms with Gasteiger partial charge < -0.3 is 18.9 Å². The second kappa shape index (κ2) is 7.11. The highest BCUT2D eigenvalue weighted by Gasteiger charge is 2.11. The van der Waals surface area contributed by atoms with E-state index in [1.165, 1.54) is 0 Å². The van der Waals surface area contributed by atoms with Crippen LogP contribution in [0, 0.1) is 0 Å². The number of unbranched alkanes of at least 4 members (excludes halogenated alkanes) is 2. The molecule has 0 amide bonds. The SMILES string of the molecule is COCCCCCOc1ccc2c(c1)OCCO2. The molecule has 0 atom stereocenters. The summed E-state index contributed by atoms with van der Waals surface area (Å²) in [7, 11) is 1.73. The van der Waals surface area contributed by atoms with E-state index >= 15 is 0 Å². The monoisotopic (exact) mass is 252 g/mol. The molecule has 0 fully saturated rings. The van der Waals surface area contributed by atoms with Gasteiger partial charge in [0.2, 0.25) is 0 Å². The van der Waals surface area contributed by atoms with Crippen LogP contribution in [0.2, 0.25) is 0 Å². The van der Waals surface area contributed by atoms with E-state index in [2.05, 4.69) is 0 Å². The Morgan fingerprint density at radius 2 is 1.78 bits per heavy atom. The predicted molar refractivity (Wildman–Crippen MR) is 68.7 cm³/mol. The van der Waals surface area contributed by atoms with Crippen LogP contribution in [0.25, 0.3) is 0 Å². The minimum Gasteiger partial charge on any atom is -0.493 e. The first kappa shape index (κ1) is 13.0. The molecule has 0 spiro atoms. The largest absolute Gasteiger partial charge is 0.493 e. The summed E-state index contributed by atoms with van der Waals surface area (Å²) >= 11 is 0. The molecule has 0 unspecified atom stereocenters. The molecule has 0 aliphatic carbocycles. The normalized spacial score (nSPS) is 13.4. The number of methoxy groups -OCH3 is 1. The number of benzene rings is 1. The number of ether oxygens (including phenoxy) is 4. The van der Waals surface area contributed by atoms with Crippen molar-refractivity contribution in [2.24, 2.45) is 0 Å². The van der Waals surface area contributed by atoms with Gasteiger partial charge in [0, 0.05) is 19.8 Å². The van der Waals surface area contributed by atoms with Gasteiger partial charge in [-0.2, -0.15) is 0 Å². The Morgan fingerprint density at radius 3 is 2.61 bits per heavy atom. The predicted octanol–water partition coefficient (Wildman–Crippen LogP) is 2.65. The molecule has 1 aliphatic rings. The summed E-state index contributed by atoms with van der Waals surface area (Å²) in [4.78, 5) is 0. The summed E-state index contributed by atoms with van der Waals surface area (Å²) in [5, 5.41) is 0. The molecule has 4 heteroatoms. The lowest BCUT2D eigenvalue weighted by atomic mass is 10.2. The molecule has 1 aromatic carbocycles. The summed E-state index contributed by atoms with van der Waals surface area (Å²) in [6, 6.07) is 5.71. The summed E-state index contributed by atoms with van der Waals surface area (Å²) < 4.78 is 21.6. The van der Waals surface area contributed by atoms with Crippen molar-refractivity contribution in [1.82, 2.24) is 0 Å². The molecule has 0 aromatic heterocycles. The Morgan fingerprint density at radius 1 is 1.00 bits per heavy atom. The zero-order chi connectivity index (χ0) is 12.6. The summed E-state index contributed by atoms with van der Waals surface area (Å²) in [5.41, 5.74) is 0. The van der Waals surface area contributed by atoms with Crippen molar-refractivity contribution < 1.29 is 18.9 Å². The second-order valence-electron chi connectivity index (χ2n) is 4.21. The molecule has 18 heavy (non-hydrogen) atoms. The minimum atomic E-state index is 0.605. The first-order valence-electron chi connectivity index (χ1n) is 6.41. The minimum absolute atomic E-state index is 0.605. The van der Waals surface area contributed by atoms with Crippen molar-refractivity contribution in [2.45, 2.75) is 19.3 Å². The first-order chi connectivity index (χ1) is 8.90. The van der Waals surface area contributed by atoms with Gasteiger partial charge in [0.25, 0.3) is 0 Å². The molecule has 0 N–H and O–H groups in total. The third-order valence-corrected chi connectivity index (χ3v) is 2.78. The van der Waals surface area contributed by atoms with Crippen LogP contribution in [0.15, 0.2) is 18.2 Å². The quantitative estimate of drug-likeness (QED) is 0.699. The smallest absolute Gasteiger partial charge is 0.165 e. The first-order valence-corrected chi connectivity index (χ1v) is 6.41. The van der Waals surface area contributed by atoms with Crippen molar-refractivity contribution in [2.75, 3.05) is 33.5 Å². The van der Waals surface area contributed by atoms with Crippen molar-refractivity contribution in [3.63, 3.8) is 0 Å². The highest BCUT2D eigenvalue weighted by Crippen LogP contribution is 2.33. The molecular weight excluding hydrogens is 232 g/mol. The van der Waals surface area contributed by atoms with Crippen molar-refractivity contribution in [1.29, 1.82) is 0 Å². The molecule has 0 radical (unpaired) electrons. The summed E-state index contributed by atoms with van der Waals surface area (Å²) in [6.45, 7) is 2.77. The maximum absolute atomic E-state index is 5.68. The van der Waals surface area contributed by atoms with Crippen LogP contribution in [0.3, 0.4) is 0 Å². The second-order valence-corrected chi connectivity index (χ2v) is 4.21. The van der Waals surface area contributed by atoms with E-state index in [1.54, 1.807) is 7.11 Å². The molecule has 100 valence electrons. The van der Waals surface area contributed by atoms with Crippen LogP contribution < -0.4 is 14.2 Å². The average molecular weight is 252 g/mol. The Kier molecular flexibility index (Phi) is 5.15. The fourth-order valence-electron chi connectivity index (χ4n) is 1.83. The molecule has 0 saturated carbocycles. The molecule has 2 rings (SSSR count). The van der Waals surface area contributed by atoms with E-state index in [9.17, 15) is 0 Å². The molecule has 1 aromatic rings. The van der Waals surface area contributed by atoms with Crippen molar-refractivity contribution in [3.8, 4) is 17.2 Å². The lowest BCUT2D eigenvalue weighted by Gasteiger charge is -2.18. The van der Waals surface area contributed by atoms with E-state index in [1.807, 2.05) is 18.2 Å².